The Hall–Kier alpha value is -2.48. The van der Waals surface area contributed by atoms with Crippen molar-refractivity contribution in [2.45, 2.75) is 44.9 Å². The van der Waals surface area contributed by atoms with Crippen LogP contribution in [0.15, 0.2) is 48.5 Å². The number of hydrogen-bond donors (Lipinski definition) is 0. The molecule has 3 heterocycles. The van der Waals surface area contributed by atoms with Crippen LogP contribution in [0, 0.1) is 11.7 Å². The summed E-state index contributed by atoms with van der Waals surface area (Å²) in [4.78, 5) is 19.9. The van der Waals surface area contributed by atoms with Gasteiger partial charge in [0.2, 0.25) is 5.91 Å². The molecule has 1 amide bonds. The molecule has 194 valence electrons. The zero-order valence-corrected chi connectivity index (χ0v) is 21.3. The lowest BCUT2D eigenvalue weighted by molar-refractivity contribution is -0.133. The predicted molar refractivity (Wildman–Crippen MR) is 137 cm³/mol. The van der Waals surface area contributed by atoms with E-state index in [1.165, 1.54) is 6.07 Å². The van der Waals surface area contributed by atoms with Gasteiger partial charge in [0.05, 0.1) is 13.2 Å². The summed E-state index contributed by atoms with van der Waals surface area (Å²) in [6.07, 6.45) is 2.17. The van der Waals surface area contributed by atoms with Gasteiger partial charge in [0.1, 0.15) is 17.7 Å². The molecule has 0 unspecified atom stereocenters. The first-order valence-electron chi connectivity index (χ1n) is 13.4. The summed E-state index contributed by atoms with van der Waals surface area (Å²) in [5.41, 5.74) is 1.63. The van der Waals surface area contributed by atoms with Crippen molar-refractivity contribution in [2.24, 2.45) is 5.92 Å². The number of likely N-dealkylation sites (tertiary alicyclic amines) is 1. The number of benzene rings is 2. The Bertz CT molecular complexity index is 1020. The number of nitrogens with zero attached hydrogens (tertiary/aromatic N) is 3. The lowest BCUT2D eigenvalue weighted by atomic mass is 9.89. The third kappa shape index (κ3) is 5.90. The Labute approximate surface area is 214 Å². The molecule has 2 fully saturated rings. The van der Waals surface area contributed by atoms with E-state index in [4.69, 9.17) is 9.47 Å². The maximum atomic E-state index is 14.6. The molecule has 3 aliphatic rings. The molecule has 0 aliphatic carbocycles. The molecule has 0 N–H and O–H groups in total. The molecule has 2 saturated heterocycles. The largest absolute Gasteiger partial charge is 0.484 e. The van der Waals surface area contributed by atoms with E-state index in [1.807, 2.05) is 35.2 Å². The van der Waals surface area contributed by atoms with E-state index in [1.54, 1.807) is 12.1 Å². The molecule has 0 spiro atoms. The van der Waals surface area contributed by atoms with E-state index in [-0.39, 0.29) is 11.7 Å². The molecule has 3 aliphatic heterocycles. The maximum absolute atomic E-state index is 14.6. The number of morpholine rings is 1. The highest BCUT2D eigenvalue weighted by Gasteiger charge is 2.31. The number of rotatable bonds is 6. The Kier molecular flexibility index (Phi) is 8.19. The lowest BCUT2D eigenvalue weighted by Crippen LogP contribution is -2.49. The third-order valence-corrected chi connectivity index (χ3v) is 8.15. The van der Waals surface area contributed by atoms with Crippen molar-refractivity contribution in [3.05, 3.63) is 65.5 Å². The Morgan fingerprint density at radius 3 is 2.53 bits per heavy atom. The summed E-state index contributed by atoms with van der Waals surface area (Å²) in [5, 5.41) is 0. The second kappa shape index (κ2) is 11.7. The standard InChI is InChI=1S/C29H38FN3O3/c1-22(32-16-18-35-19-17-32)23-10-14-33(15-11-23)29(34)12-13-31-20-24-6-2-5-9-27(24)36-28(21-31)25-7-3-4-8-26(25)30/h2-9,22-23,28H,10-21H2,1H3/t22-,28+/m1/s1. The normalized spacial score (nSPS) is 22.9. The predicted octanol–water partition coefficient (Wildman–Crippen LogP) is 4.11. The molecule has 0 saturated carbocycles. The fourth-order valence-electron chi connectivity index (χ4n) is 5.87. The van der Waals surface area contributed by atoms with E-state index in [9.17, 15) is 9.18 Å². The molecule has 36 heavy (non-hydrogen) atoms. The van der Waals surface area contributed by atoms with Crippen LogP contribution >= 0.6 is 0 Å². The molecule has 0 aromatic heterocycles. The SMILES string of the molecule is C[C@H](C1CCN(C(=O)CCN2Cc3ccccc3O[C@H](c3ccccc3F)C2)CC1)N1CCOCC1. The number of ether oxygens (including phenoxy) is 2. The van der Waals surface area contributed by atoms with Gasteiger partial charge in [-0.05, 0) is 37.8 Å². The maximum Gasteiger partial charge on any atom is 0.223 e. The summed E-state index contributed by atoms with van der Waals surface area (Å²) in [6.45, 7) is 9.54. The van der Waals surface area contributed by atoms with Crippen LogP contribution in [0.4, 0.5) is 4.39 Å². The van der Waals surface area contributed by atoms with Gasteiger partial charge in [-0.1, -0.05) is 36.4 Å². The van der Waals surface area contributed by atoms with Gasteiger partial charge < -0.3 is 14.4 Å². The molecule has 5 rings (SSSR count). The van der Waals surface area contributed by atoms with Crippen LogP contribution < -0.4 is 4.74 Å². The number of para-hydroxylation sites is 1. The topological polar surface area (TPSA) is 45.2 Å². The van der Waals surface area contributed by atoms with Gasteiger partial charge in [-0.3, -0.25) is 14.6 Å². The van der Waals surface area contributed by atoms with Gasteiger partial charge in [-0.2, -0.15) is 0 Å². The Morgan fingerprint density at radius 2 is 1.75 bits per heavy atom. The molecule has 2 aromatic rings. The fourth-order valence-corrected chi connectivity index (χ4v) is 5.87. The molecule has 0 bridgehead atoms. The minimum Gasteiger partial charge on any atom is -0.484 e. The molecular formula is C29H38FN3O3. The minimum absolute atomic E-state index is 0.216. The molecule has 0 radical (unpaired) electrons. The fraction of sp³-hybridized carbons (Fsp3) is 0.552. The van der Waals surface area contributed by atoms with E-state index in [2.05, 4.69) is 16.7 Å². The Morgan fingerprint density at radius 1 is 1.03 bits per heavy atom. The van der Waals surface area contributed by atoms with Crippen LogP contribution in [0.1, 0.15) is 43.4 Å². The highest BCUT2D eigenvalue weighted by molar-refractivity contribution is 5.76. The van der Waals surface area contributed by atoms with Crippen molar-refractivity contribution in [3.8, 4) is 5.75 Å². The van der Waals surface area contributed by atoms with Crippen LogP contribution in [0.3, 0.4) is 0 Å². The average molecular weight is 496 g/mol. The van der Waals surface area contributed by atoms with E-state index >= 15 is 0 Å². The van der Waals surface area contributed by atoms with E-state index in [0.717, 1.165) is 63.5 Å². The van der Waals surface area contributed by atoms with Gasteiger partial charge in [0.25, 0.3) is 0 Å². The summed E-state index contributed by atoms with van der Waals surface area (Å²) >= 11 is 0. The zero-order valence-electron chi connectivity index (χ0n) is 21.3. The van der Waals surface area contributed by atoms with Crippen molar-refractivity contribution in [1.82, 2.24) is 14.7 Å². The van der Waals surface area contributed by atoms with Crippen molar-refractivity contribution < 1.29 is 18.7 Å². The number of fused-ring (bicyclic) bond motifs is 1. The number of amides is 1. The van der Waals surface area contributed by atoms with Crippen molar-refractivity contribution in [1.29, 1.82) is 0 Å². The molecule has 2 aromatic carbocycles. The molecule has 2 atom stereocenters. The summed E-state index contributed by atoms with van der Waals surface area (Å²) in [6, 6.07) is 15.3. The molecule has 6 nitrogen and oxygen atoms in total. The van der Waals surface area contributed by atoms with Crippen LogP contribution in [0.2, 0.25) is 0 Å². The van der Waals surface area contributed by atoms with E-state index < -0.39 is 6.10 Å². The summed E-state index contributed by atoms with van der Waals surface area (Å²) in [5.74, 6) is 1.38. The highest BCUT2D eigenvalue weighted by atomic mass is 19.1. The third-order valence-electron chi connectivity index (χ3n) is 8.15. The second-order valence-corrected chi connectivity index (χ2v) is 10.3. The summed E-state index contributed by atoms with van der Waals surface area (Å²) in [7, 11) is 0. The van der Waals surface area contributed by atoms with Crippen LogP contribution in [-0.4, -0.2) is 79.1 Å². The first-order chi connectivity index (χ1) is 17.6. The first-order valence-corrected chi connectivity index (χ1v) is 13.4. The van der Waals surface area contributed by atoms with Crippen molar-refractivity contribution in [2.75, 3.05) is 52.5 Å². The molecular weight excluding hydrogens is 457 g/mol. The number of carbonyl (C=O) groups excluding carboxylic acids is 1. The van der Waals surface area contributed by atoms with E-state index in [0.29, 0.717) is 43.6 Å². The second-order valence-electron chi connectivity index (χ2n) is 10.3. The molecule has 7 heteroatoms. The number of halogens is 1. The Balaban J connectivity index is 1.17. The van der Waals surface area contributed by atoms with Crippen LogP contribution in [0.25, 0.3) is 0 Å². The monoisotopic (exact) mass is 495 g/mol. The van der Waals surface area contributed by atoms with Gasteiger partial charge in [-0.15, -0.1) is 0 Å². The van der Waals surface area contributed by atoms with Gasteiger partial charge in [-0.25, -0.2) is 4.39 Å². The average Bonchev–Trinajstić information content (AvgIpc) is 3.11. The first kappa shape index (κ1) is 25.2. The van der Waals surface area contributed by atoms with Crippen LogP contribution in [0.5, 0.6) is 5.75 Å². The number of hydrogen-bond acceptors (Lipinski definition) is 5. The van der Waals surface area contributed by atoms with Crippen LogP contribution in [-0.2, 0) is 16.1 Å². The number of carbonyl (C=O) groups is 1. The van der Waals surface area contributed by atoms with Gasteiger partial charge in [0, 0.05) is 69.4 Å². The summed E-state index contributed by atoms with van der Waals surface area (Å²) < 4.78 is 26.4. The number of piperidine rings is 1. The van der Waals surface area contributed by atoms with Crippen molar-refractivity contribution >= 4 is 5.91 Å². The lowest BCUT2D eigenvalue weighted by Gasteiger charge is -2.41. The smallest absolute Gasteiger partial charge is 0.223 e. The highest BCUT2D eigenvalue weighted by Crippen LogP contribution is 2.32. The van der Waals surface area contributed by atoms with Gasteiger partial charge in [0.15, 0.2) is 0 Å². The zero-order chi connectivity index (χ0) is 24.9. The minimum atomic E-state index is -0.414. The quantitative estimate of drug-likeness (QED) is 0.604. The van der Waals surface area contributed by atoms with Crippen molar-refractivity contribution in [3.63, 3.8) is 0 Å². The van der Waals surface area contributed by atoms with Gasteiger partial charge >= 0.3 is 0 Å².